The molecule has 0 amide bonds. The summed E-state index contributed by atoms with van der Waals surface area (Å²) in [6.45, 7) is 7.97. The molecule has 4 rings (SSSR count). The molecule has 31 heavy (non-hydrogen) atoms. The van der Waals surface area contributed by atoms with Crippen LogP contribution in [-0.4, -0.2) is 40.8 Å². The van der Waals surface area contributed by atoms with Gasteiger partial charge >= 0.3 is 0 Å². The third kappa shape index (κ3) is 6.05. The Kier molecular flexibility index (Phi) is 7.15. The van der Waals surface area contributed by atoms with Crippen LogP contribution >= 0.6 is 0 Å². The highest BCUT2D eigenvalue weighted by atomic mass is 16.5. The van der Waals surface area contributed by atoms with Crippen LogP contribution in [-0.2, 0) is 6.61 Å². The van der Waals surface area contributed by atoms with E-state index >= 15 is 0 Å². The van der Waals surface area contributed by atoms with Crippen LogP contribution in [0.2, 0.25) is 0 Å². The quantitative estimate of drug-likeness (QED) is 0.443. The first-order chi connectivity index (χ1) is 15.2. The number of likely N-dealkylation sites (tertiary alicyclic amines) is 1. The van der Waals surface area contributed by atoms with Crippen LogP contribution in [0.5, 0.6) is 11.6 Å². The Hall–Kier alpha value is -2.92. The van der Waals surface area contributed by atoms with Gasteiger partial charge in [0, 0.05) is 24.2 Å². The van der Waals surface area contributed by atoms with Crippen molar-refractivity contribution in [2.24, 2.45) is 0 Å². The molecule has 162 valence electrons. The summed E-state index contributed by atoms with van der Waals surface area (Å²) in [7, 11) is 0. The Labute approximate surface area is 185 Å². The molecular formula is C26H31N3O2. The number of aromatic nitrogens is 2. The second kappa shape index (κ2) is 10.4. The molecule has 1 fully saturated rings. The van der Waals surface area contributed by atoms with Crippen molar-refractivity contribution in [3.8, 4) is 22.9 Å². The van der Waals surface area contributed by atoms with Gasteiger partial charge in [0.25, 0.3) is 0 Å². The summed E-state index contributed by atoms with van der Waals surface area (Å²) >= 11 is 0. The normalized spacial score (nSPS) is 16.4. The lowest BCUT2D eigenvalue weighted by molar-refractivity contribution is 0.230. The lowest BCUT2D eigenvalue weighted by atomic mass is 10.1. The Balaban J connectivity index is 1.24. The fourth-order valence-electron chi connectivity index (χ4n) is 3.90. The maximum absolute atomic E-state index is 5.91. The van der Waals surface area contributed by atoms with Crippen molar-refractivity contribution in [2.45, 2.75) is 45.8 Å². The number of hydrogen-bond donors (Lipinski definition) is 0. The first kappa shape index (κ1) is 21.3. The molecule has 0 spiro atoms. The Bertz CT molecular complexity index is 940. The molecule has 1 aromatic heterocycles. The Morgan fingerprint density at radius 3 is 2.42 bits per heavy atom. The summed E-state index contributed by atoms with van der Waals surface area (Å²) in [5.41, 5.74) is 4.18. The molecule has 2 aromatic carbocycles. The summed E-state index contributed by atoms with van der Waals surface area (Å²) < 4.78 is 11.7. The second-order valence-electron chi connectivity index (χ2n) is 8.28. The van der Waals surface area contributed by atoms with E-state index < -0.39 is 0 Å². The summed E-state index contributed by atoms with van der Waals surface area (Å²) in [6, 6.07) is 20.8. The maximum atomic E-state index is 5.91. The largest absolute Gasteiger partial charge is 0.494 e. The average molecular weight is 418 g/mol. The van der Waals surface area contributed by atoms with Crippen LogP contribution in [0, 0.1) is 6.92 Å². The molecule has 0 N–H and O–H groups in total. The highest BCUT2D eigenvalue weighted by Crippen LogP contribution is 2.22. The van der Waals surface area contributed by atoms with Crippen LogP contribution in [0.25, 0.3) is 11.3 Å². The fraction of sp³-hybridized carbons (Fsp3) is 0.385. The first-order valence-corrected chi connectivity index (χ1v) is 11.2. The van der Waals surface area contributed by atoms with Gasteiger partial charge in [0.2, 0.25) is 5.88 Å². The molecule has 5 heteroatoms. The van der Waals surface area contributed by atoms with Crippen molar-refractivity contribution in [3.63, 3.8) is 0 Å². The molecule has 2 heterocycles. The number of ether oxygens (including phenoxy) is 2. The zero-order chi connectivity index (χ0) is 21.5. The molecule has 0 aliphatic carbocycles. The fourth-order valence-corrected chi connectivity index (χ4v) is 3.90. The minimum atomic E-state index is 0.483. The minimum absolute atomic E-state index is 0.483. The molecule has 5 nitrogen and oxygen atoms in total. The SMILES string of the molecule is Cc1ccc(COc2ccc(-c3ccc(OCCCN4CCC[C@H]4C)cc3)nn2)cc1. The molecule has 1 aliphatic heterocycles. The van der Waals surface area contributed by atoms with Crippen LogP contribution in [0.3, 0.4) is 0 Å². The number of benzene rings is 2. The topological polar surface area (TPSA) is 47.5 Å². The van der Waals surface area contributed by atoms with E-state index in [1.807, 2.05) is 36.4 Å². The van der Waals surface area contributed by atoms with Crippen molar-refractivity contribution in [1.29, 1.82) is 0 Å². The Morgan fingerprint density at radius 1 is 0.935 bits per heavy atom. The number of aryl methyl sites for hydroxylation is 1. The number of hydrogen-bond acceptors (Lipinski definition) is 5. The lowest BCUT2D eigenvalue weighted by Crippen LogP contribution is -2.28. The smallest absolute Gasteiger partial charge is 0.233 e. The molecule has 0 saturated carbocycles. The summed E-state index contributed by atoms with van der Waals surface area (Å²) in [4.78, 5) is 2.55. The van der Waals surface area contributed by atoms with Gasteiger partial charge in [-0.25, -0.2) is 0 Å². The van der Waals surface area contributed by atoms with E-state index in [4.69, 9.17) is 9.47 Å². The molecule has 1 aliphatic rings. The Morgan fingerprint density at radius 2 is 1.74 bits per heavy atom. The summed E-state index contributed by atoms with van der Waals surface area (Å²) in [6.07, 6.45) is 3.71. The summed E-state index contributed by atoms with van der Waals surface area (Å²) in [5.74, 6) is 1.42. The van der Waals surface area contributed by atoms with E-state index in [1.165, 1.54) is 24.9 Å². The van der Waals surface area contributed by atoms with E-state index in [-0.39, 0.29) is 0 Å². The van der Waals surface area contributed by atoms with Gasteiger partial charge in [-0.1, -0.05) is 29.8 Å². The van der Waals surface area contributed by atoms with Crippen molar-refractivity contribution >= 4 is 0 Å². The molecule has 1 atom stereocenters. The van der Waals surface area contributed by atoms with Gasteiger partial charge in [-0.15, -0.1) is 10.2 Å². The van der Waals surface area contributed by atoms with Gasteiger partial charge in [-0.2, -0.15) is 0 Å². The minimum Gasteiger partial charge on any atom is -0.494 e. The molecule has 3 aromatic rings. The first-order valence-electron chi connectivity index (χ1n) is 11.2. The highest BCUT2D eigenvalue weighted by Gasteiger charge is 2.19. The number of nitrogens with zero attached hydrogens (tertiary/aromatic N) is 3. The van der Waals surface area contributed by atoms with Crippen molar-refractivity contribution < 1.29 is 9.47 Å². The van der Waals surface area contributed by atoms with Crippen LogP contribution in [0.4, 0.5) is 0 Å². The maximum Gasteiger partial charge on any atom is 0.233 e. The van der Waals surface area contributed by atoms with E-state index in [2.05, 4.69) is 53.2 Å². The van der Waals surface area contributed by atoms with Gasteiger partial charge < -0.3 is 14.4 Å². The zero-order valence-corrected chi connectivity index (χ0v) is 18.5. The average Bonchev–Trinajstić information content (AvgIpc) is 3.22. The highest BCUT2D eigenvalue weighted by molar-refractivity contribution is 5.59. The van der Waals surface area contributed by atoms with Crippen LogP contribution in [0.1, 0.15) is 37.3 Å². The van der Waals surface area contributed by atoms with Crippen LogP contribution in [0.15, 0.2) is 60.7 Å². The van der Waals surface area contributed by atoms with E-state index in [0.29, 0.717) is 12.5 Å². The van der Waals surface area contributed by atoms with Gasteiger partial charge in [0.1, 0.15) is 12.4 Å². The zero-order valence-electron chi connectivity index (χ0n) is 18.5. The second-order valence-corrected chi connectivity index (χ2v) is 8.28. The van der Waals surface area contributed by atoms with Crippen LogP contribution < -0.4 is 9.47 Å². The summed E-state index contributed by atoms with van der Waals surface area (Å²) in [5, 5.41) is 8.52. The van der Waals surface area contributed by atoms with E-state index in [9.17, 15) is 0 Å². The van der Waals surface area contributed by atoms with Gasteiger partial charge in [-0.3, -0.25) is 0 Å². The van der Waals surface area contributed by atoms with Gasteiger partial charge in [0.05, 0.1) is 12.3 Å². The van der Waals surface area contributed by atoms with Gasteiger partial charge in [-0.05, 0) is 75.5 Å². The number of rotatable bonds is 9. The van der Waals surface area contributed by atoms with E-state index in [1.54, 1.807) is 0 Å². The third-order valence-electron chi connectivity index (χ3n) is 5.85. The predicted molar refractivity (Wildman–Crippen MR) is 123 cm³/mol. The monoisotopic (exact) mass is 417 g/mol. The van der Waals surface area contributed by atoms with Crippen molar-refractivity contribution in [3.05, 3.63) is 71.8 Å². The van der Waals surface area contributed by atoms with E-state index in [0.717, 1.165) is 48.2 Å². The standard InChI is InChI=1S/C26H31N3O2/c1-20-6-8-22(9-7-20)19-31-26-15-14-25(27-28-26)23-10-12-24(13-11-23)30-18-4-17-29-16-3-5-21(29)2/h6-15,21H,3-5,16-19H2,1-2H3/t21-/m1/s1. The van der Waals surface area contributed by atoms with Crippen molar-refractivity contribution in [2.75, 3.05) is 19.7 Å². The third-order valence-corrected chi connectivity index (χ3v) is 5.85. The van der Waals surface area contributed by atoms with Crippen molar-refractivity contribution in [1.82, 2.24) is 15.1 Å². The molecule has 0 unspecified atom stereocenters. The molecular weight excluding hydrogens is 386 g/mol. The molecule has 0 radical (unpaired) electrons. The van der Waals surface area contributed by atoms with Gasteiger partial charge in [0.15, 0.2) is 0 Å². The molecule has 0 bridgehead atoms. The predicted octanol–water partition coefficient (Wildman–Crippen LogP) is 5.28. The molecule has 1 saturated heterocycles. The lowest BCUT2D eigenvalue weighted by Gasteiger charge is -2.20.